The fraction of sp³-hybridized carbons (Fsp3) is 0.412. The molecular formula is C17H23N3OS. The van der Waals surface area contributed by atoms with Crippen molar-refractivity contribution in [3.63, 3.8) is 0 Å². The van der Waals surface area contributed by atoms with Gasteiger partial charge in [0.15, 0.2) is 5.13 Å². The average molecular weight is 317 g/mol. The summed E-state index contributed by atoms with van der Waals surface area (Å²) in [6, 6.07) is 7.67. The van der Waals surface area contributed by atoms with Crippen LogP contribution in [0.4, 0.5) is 5.13 Å². The number of carbonyl (C=O) groups excluding carboxylic acids is 1. The zero-order valence-corrected chi connectivity index (χ0v) is 14.0. The van der Waals surface area contributed by atoms with Crippen LogP contribution in [0.1, 0.15) is 45.8 Å². The van der Waals surface area contributed by atoms with Crippen molar-refractivity contribution in [2.45, 2.75) is 33.1 Å². The van der Waals surface area contributed by atoms with E-state index in [-0.39, 0.29) is 5.78 Å². The van der Waals surface area contributed by atoms with Crippen LogP contribution in [-0.2, 0) is 0 Å². The van der Waals surface area contributed by atoms with Crippen LogP contribution in [0, 0.1) is 13.8 Å². The highest BCUT2D eigenvalue weighted by atomic mass is 32.1. The first kappa shape index (κ1) is 16.6. The van der Waals surface area contributed by atoms with Crippen LogP contribution < -0.4 is 11.1 Å². The molecule has 2 rings (SSSR count). The minimum absolute atomic E-state index is 0.0595. The Morgan fingerprint density at radius 3 is 2.73 bits per heavy atom. The van der Waals surface area contributed by atoms with E-state index in [4.69, 9.17) is 5.73 Å². The third kappa shape index (κ3) is 4.15. The van der Waals surface area contributed by atoms with Gasteiger partial charge in [0.05, 0.1) is 10.6 Å². The Morgan fingerprint density at radius 2 is 2.00 bits per heavy atom. The summed E-state index contributed by atoms with van der Waals surface area (Å²) in [5.41, 5.74) is 8.02. The highest BCUT2D eigenvalue weighted by Gasteiger charge is 2.18. The predicted octanol–water partition coefficient (Wildman–Crippen LogP) is 3.53. The van der Waals surface area contributed by atoms with Crippen molar-refractivity contribution >= 4 is 22.3 Å². The number of thiazole rings is 1. The van der Waals surface area contributed by atoms with E-state index >= 15 is 0 Å². The molecule has 0 radical (unpaired) electrons. The summed E-state index contributed by atoms with van der Waals surface area (Å²) in [6.45, 7) is 5.46. The molecule has 2 aromatic rings. The molecule has 0 bridgehead atoms. The Labute approximate surface area is 135 Å². The van der Waals surface area contributed by atoms with E-state index < -0.39 is 0 Å². The number of nitrogens with two attached hydrogens (primary N) is 1. The summed E-state index contributed by atoms with van der Waals surface area (Å²) in [4.78, 5) is 17.8. The normalized spacial score (nSPS) is 10.7. The minimum atomic E-state index is 0.0595. The molecule has 1 heterocycles. The van der Waals surface area contributed by atoms with Crippen molar-refractivity contribution in [2.75, 3.05) is 18.4 Å². The summed E-state index contributed by atoms with van der Waals surface area (Å²) in [6.07, 6.45) is 3.23. The van der Waals surface area contributed by atoms with Gasteiger partial charge in [-0.3, -0.25) is 4.79 Å². The van der Waals surface area contributed by atoms with Crippen molar-refractivity contribution in [1.29, 1.82) is 0 Å². The van der Waals surface area contributed by atoms with Crippen molar-refractivity contribution in [3.8, 4) is 0 Å². The van der Waals surface area contributed by atoms with Crippen LogP contribution in [0.25, 0.3) is 0 Å². The maximum atomic E-state index is 12.6. The van der Waals surface area contributed by atoms with Gasteiger partial charge >= 0.3 is 0 Å². The molecule has 1 aromatic heterocycles. The molecule has 0 aliphatic carbocycles. The molecule has 0 amide bonds. The number of aryl methyl sites for hydroxylation is 2. The topological polar surface area (TPSA) is 68.0 Å². The maximum Gasteiger partial charge on any atom is 0.205 e. The van der Waals surface area contributed by atoms with Gasteiger partial charge in [-0.05, 0) is 38.8 Å². The van der Waals surface area contributed by atoms with Crippen molar-refractivity contribution in [1.82, 2.24) is 4.98 Å². The van der Waals surface area contributed by atoms with Crippen molar-refractivity contribution in [3.05, 3.63) is 46.0 Å². The third-order valence-electron chi connectivity index (χ3n) is 3.55. The van der Waals surface area contributed by atoms with Crippen LogP contribution in [0.2, 0.25) is 0 Å². The minimum Gasteiger partial charge on any atom is -0.361 e. The lowest BCUT2D eigenvalue weighted by Gasteiger charge is -2.03. The number of rotatable bonds is 8. The lowest BCUT2D eigenvalue weighted by Crippen LogP contribution is -2.03. The smallest absolute Gasteiger partial charge is 0.205 e. The van der Waals surface area contributed by atoms with Crippen LogP contribution in [-0.4, -0.2) is 23.9 Å². The van der Waals surface area contributed by atoms with Gasteiger partial charge in [-0.2, -0.15) is 0 Å². The molecule has 0 fully saturated rings. The van der Waals surface area contributed by atoms with E-state index in [0.29, 0.717) is 0 Å². The van der Waals surface area contributed by atoms with Gasteiger partial charge in [-0.1, -0.05) is 42.0 Å². The van der Waals surface area contributed by atoms with E-state index in [1.54, 1.807) is 0 Å². The number of aromatic nitrogens is 1. The molecule has 0 unspecified atom stereocenters. The van der Waals surface area contributed by atoms with Crippen LogP contribution in [0.5, 0.6) is 0 Å². The van der Waals surface area contributed by atoms with Crippen LogP contribution in [0.15, 0.2) is 24.3 Å². The second kappa shape index (κ2) is 8.06. The Balaban J connectivity index is 2.03. The number of hydrogen-bond acceptors (Lipinski definition) is 5. The largest absolute Gasteiger partial charge is 0.361 e. The van der Waals surface area contributed by atoms with E-state index in [9.17, 15) is 4.79 Å². The number of hydrogen-bond donors (Lipinski definition) is 2. The van der Waals surface area contributed by atoms with E-state index in [2.05, 4.69) is 10.3 Å². The van der Waals surface area contributed by atoms with Gasteiger partial charge in [0.2, 0.25) is 5.78 Å². The Bertz CT molecular complexity index is 637. The first-order valence-electron chi connectivity index (χ1n) is 7.65. The standard InChI is InChI=1S/C17H23N3OS/c1-12-8-4-5-9-14(12)15(21)16-13(2)20-17(22-16)19-11-7-3-6-10-18/h4-5,8-9H,3,6-7,10-11,18H2,1-2H3,(H,19,20). The lowest BCUT2D eigenvalue weighted by molar-refractivity contribution is 0.104. The highest BCUT2D eigenvalue weighted by molar-refractivity contribution is 7.17. The van der Waals surface area contributed by atoms with Crippen LogP contribution in [0.3, 0.4) is 0 Å². The number of carbonyl (C=O) groups is 1. The van der Waals surface area contributed by atoms with Gasteiger partial charge in [-0.25, -0.2) is 4.98 Å². The Kier molecular flexibility index (Phi) is 6.10. The SMILES string of the molecule is Cc1ccccc1C(=O)c1sc(NCCCCCN)nc1C. The molecular weight excluding hydrogens is 294 g/mol. The summed E-state index contributed by atoms with van der Waals surface area (Å²) in [7, 11) is 0. The van der Waals surface area contributed by atoms with Gasteiger partial charge in [0.25, 0.3) is 0 Å². The van der Waals surface area contributed by atoms with Gasteiger partial charge in [0.1, 0.15) is 0 Å². The molecule has 118 valence electrons. The number of unbranched alkanes of at least 4 members (excludes halogenated alkanes) is 2. The number of ketones is 1. The molecule has 0 atom stereocenters. The number of anilines is 1. The fourth-order valence-electron chi connectivity index (χ4n) is 2.27. The Hall–Kier alpha value is -1.72. The number of nitrogens with zero attached hydrogens (tertiary/aromatic N) is 1. The second-order valence-electron chi connectivity index (χ2n) is 5.35. The quantitative estimate of drug-likeness (QED) is 0.577. The molecule has 5 heteroatoms. The van der Waals surface area contributed by atoms with Crippen molar-refractivity contribution < 1.29 is 4.79 Å². The third-order valence-corrected chi connectivity index (χ3v) is 4.66. The van der Waals surface area contributed by atoms with E-state index in [1.807, 2.05) is 38.1 Å². The number of nitrogens with one attached hydrogen (secondary N) is 1. The molecule has 0 saturated carbocycles. The summed E-state index contributed by atoms with van der Waals surface area (Å²) in [5, 5.41) is 4.12. The van der Waals surface area contributed by atoms with Gasteiger partial charge in [-0.15, -0.1) is 0 Å². The summed E-state index contributed by atoms with van der Waals surface area (Å²) < 4.78 is 0. The molecule has 0 aliphatic heterocycles. The summed E-state index contributed by atoms with van der Waals surface area (Å²) in [5.74, 6) is 0.0595. The second-order valence-corrected chi connectivity index (χ2v) is 6.35. The van der Waals surface area contributed by atoms with Gasteiger partial charge in [0, 0.05) is 12.1 Å². The lowest BCUT2D eigenvalue weighted by atomic mass is 10.0. The molecule has 3 N–H and O–H groups in total. The predicted molar refractivity (Wildman–Crippen MR) is 92.9 cm³/mol. The van der Waals surface area contributed by atoms with E-state index in [1.165, 1.54) is 11.3 Å². The van der Waals surface area contributed by atoms with Gasteiger partial charge < -0.3 is 11.1 Å². The summed E-state index contributed by atoms with van der Waals surface area (Å²) >= 11 is 1.44. The fourth-order valence-corrected chi connectivity index (χ4v) is 3.22. The molecule has 0 aliphatic rings. The highest BCUT2D eigenvalue weighted by Crippen LogP contribution is 2.26. The first-order valence-corrected chi connectivity index (χ1v) is 8.47. The van der Waals surface area contributed by atoms with E-state index in [0.717, 1.165) is 59.2 Å². The monoisotopic (exact) mass is 317 g/mol. The molecule has 0 saturated heterocycles. The molecule has 0 spiro atoms. The average Bonchev–Trinajstić information content (AvgIpc) is 2.88. The van der Waals surface area contributed by atoms with Crippen LogP contribution >= 0.6 is 11.3 Å². The number of benzene rings is 1. The molecule has 22 heavy (non-hydrogen) atoms. The molecule has 1 aromatic carbocycles. The molecule has 4 nitrogen and oxygen atoms in total. The maximum absolute atomic E-state index is 12.6. The Morgan fingerprint density at radius 1 is 1.23 bits per heavy atom. The zero-order valence-electron chi connectivity index (χ0n) is 13.2. The first-order chi connectivity index (χ1) is 10.6. The van der Waals surface area contributed by atoms with Crippen molar-refractivity contribution in [2.24, 2.45) is 5.73 Å². The zero-order chi connectivity index (χ0) is 15.9.